The van der Waals surface area contributed by atoms with E-state index >= 15 is 0 Å². The summed E-state index contributed by atoms with van der Waals surface area (Å²) in [5.41, 5.74) is 2.24. The molecule has 0 heterocycles. The lowest BCUT2D eigenvalue weighted by molar-refractivity contribution is -0.144. The molecule has 0 aliphatic carbocycles. The third-order valence-corrected chi connectivity index (χ3v) is 4.31. The normalized spacial score (nSPS) is 11.6. The average molecular weight is 373 g/mol. The Morgan fingerprint density at radius 3 is 1.81 bits per heavy atom. The van der Waals surface area contributed by atoms with Crippen LogP contribution in [0.2, 0.25) is 0 Å². The summed E-state index contributed by atoms with van der Waals surface area (Å²) in [7, 11) is 2.52. The summed E-state index contributed by atoms with van der Waals surface area (Å²) in [6.45, 7) is 11.5. The Kier molecular flexibility index (Phi) is 8.29. The average Bonchev–Trinajstić information content (AvgIpc) is 2.65. The van der Waals surface area contributed by atoms with Gasteiger partial charge in [-0.1, -0.05) is 51.1 Å². The summed E-state index contributed by atoms with van der Waals surface area (Å²) in [4.78, 5) is 26.8. The monoisotopic (exact) mass is 373 g/mol. The van der Waals surface area contributed by atoms with E-state index in [-0.39, 0.29) is 11.0 Å². The Hall–Kier alpha value is -2.56. The summed E-state index contributed by atoms with van der Waals surface area (Å²) in [5.74, 6) is -1.41. The van der Waals surface area contributed by atoms with Crippen LogP contribution in [0, 0.1) is 5.41 Å². The Balaban J connectivity index is 3.85. The fourth-order valence-electron chi connectivity index (χ4n) is 2.87. The lowest BCUT2D eigenvalue weighted by Crippen LogP contribution is -2.29. The predicted molar refractivity (Wildman–Crippen MR) is 108 cm³/mol. The van der Waals surface area contributed by atoms with E-state index in [4.69, 9.17) is 9.47 Å². The molecule has 0 aliphatic rings. The van der Waals surface area contributed by atoms with E-state index in [0.717, 1.165) is 11.1 Å². The maximum Gasteiger partial charge on any atom is 0.347 e. The van der Waals surface area contributed by atoms with Gasteiger partial charge in [-0.2, -0.15) is 0 Å². The number of benzene rings is 1. The van der Waals surface area contributed by atoms with E-state index in [1.54, 1.807) is 0 Å². The number of carbonyl (C=O) groups excluding carboxylic acids is 2. The number of methoxy groups -OCH3 is 2. The third-order valence-electron chi connectivity index (χ3n) is 4.31. The Bertz CT molecular complexity index is 690. The van der Waals surface area contributed by atoms with E-state index < -0.39 is 11.9 Å². The topological polar surface area (TPSA) is 55.8 Å². The van der Waals surface area contributed by atoms with Gasteiger partial charge in [0.1, 0.15) is 0 Å². The largest absolute Gasteiger partial charge is 0.465 e. The molecule has 27 heavy (non-hydrogen) atoms. The van der Waals surface area contributed by atoms with Crippen molar-refractivity contribution in [3.63, 3.8) is 0 Å². The number of esters is 2. The van der Waals surface area contributed by atoms with Gasteiger partial charge in [0.05, 0.1) is 19.9 Å². The van der Waals surface area contributed by atoms with Gasteiger partial charge in [0.15, 0.2) is 5.57 Å². The number of allylic oxidation sites excluding steroid dienone is 2. The molecule has 0 amide bonds. The van der Waals surface area contributed by atoms with Crippen LogP contribution >= 0.6 is 0 Å². The van der Waals surface area contributed by atoms with Crippen molar-refractivity contribution in [3.05, 3.63) is 53.2 Å². The van der Waals surface area contributed by atoms with Gasteiger partial charge in [0.2, 0.25) is 0 Å². The van der Waals surface area contributed by atoms with E-state index in [2.05, 4.69) is 20.8 Å². The number of hydrogen-bond acceptors (Lipinski definition) is 5. The second-order valence-electron chi connectivity index (χ2n) is 7.09. The fraction of sp³-hybridized carbons (Fsp3) is 0.455. The molecule has 0 saturated heterocycles. The first-order valence-electron chi connectivity index (χ1n) is 9.14. The van der Waals surface area contributed by atoms with Crippen LogP contribution in [-0.4, -0.2) is 44.1 Å². The molecule has 5 nitrogen and oxygen atoms in total. The molecule has 0 aromatic heterocycles. The van der Waals surface area contributed by atoms with Crippen LogP contribution in [0.1, 0.15) is 40.2 Å². The van der Waals surface area contributed by atoms with Gasteiger partial charge >= 0.3 is 11.9 Å². The lowest BCUT2D eigenvalue weighted by atomic mass is 9.81. The molecule has 0 unspecified atom stereocenters. The van der Waals surface area contributed by atoms with Crippen LogP contribution in [0.5, 0.6) is 0 Å². The van der Waals surface area contributed by atoms with Gasteiger partial charge < -0.3 is 14.4 Å². The highest BCUT2D eigenvalue weighted by molar-refractivity contribution is 6.15. The minimum atomic E-state index is -0.707. The van der Waals surface area contributed by atoms with E-state index in [1.807, 2.05) is 55.2 Å². The molecule has 1 aromatic rings. The van der Waals surface area contributed by atoms with Crippen molar-refractivity contribution in [1.82, 2.24) is 4.90 Å². The smallest absolute Gasteiger partial charge is 0.347 e. The minimum Gasteiger partial charge on any atom is -0.465 e. The molecule has 0 radical (unpaired) electrons. The van der Waals surface area contributed by atoms with Gasteiger partial charge in [-0.25, -0.2) is 9.59 Å². The van der Waals surface area contributed by atoms with Crippen molar-refractivity contribution < 1.29 is 19.1 Å². The predicted octanol–water partition coefficient (Wildman–Crippen LogP) is 4.06. The quantitative estimate of drug-likeness (QED) is 0.237. The Morgan fingerprint density at radius 1 is 0.963 bits per heavy atom. The van der Waals surface area contributed by atoms with Crippen molar-refractivity contribution >= 4 is 17.5 Å². The van der Waals surface area contributed by atoms with Crippen molar-refractivity contribution in [2.24, 2.45) is 5.41 Å². The first-order chi connectivity index (χ1) is 12.7. The maximum absolute atomic E-state index is 12.4. The Labute approximate surface area is 162 Å². The maximum atomic E-state index is 12.4. The van der Waals surface area contributed by atoms with Crippen LogP contribution in [0.3, 0.4) is 0 Å². The highest BCUT2D eigenvalue weighted by Gasteiger charge is 2.28. The second kappa shape index (κ2) is 9.95. The molecule has 1 rings (SSSR count). The van der Waals surface area contributed by atoms with Crippen LogP contribution in [0.25, 0.3) is 5.57 Å². The molecule has 0 saturated carbocycles. The molecular weight excluding hydrogens is 342 g/mol. The van der Waals surface area contributed by atoms with Crippen LogP contribution in [0.4, 0.5) is 0 Å². The first kappa shape index (κ1) is 22.5. The first-order valence-corrected chi connectivity index (χ1v) is 9.14. The van der Waals surface area contributed by atoms with E-state index in [0.29, 0.717) is 18.8 Å². The molecule has 148 valence electrons. The molecule has 0 fully saturated rings. The minimum absolute atomic E-state index is 0.0959. The summed E-state index contributed by atoms with van der Waals surface area (Å²) in [6.07, 6.45) is 1.91. The van der Waals surface area contributed by atoms with Crippen molar-refractivity contribution in [1.29, 1.82) is 0 Å². The molecule has 5 heteroatoms. The van der Waals surface area contributed by atoms with Crippen LogP contribution in [-0.2, 0) is 19.1 Å². The number of likely N-dealkylation sites (N-methyl/N-ethyl adjacent to an activating group) is 1. The van der Waals surface area contributed by atoms with Gasteiger partial charge in [-0.15, -0.1) is 0 Å². The number of ether oxygens (including phenoxy) is 2. The summed E-state index contributed by atoms with van der Waals surface area (Å²) in [6, 6.07) is 9.94. The van der Waals surface area contributed by atoms with Crippen molar-refractivity contribution in [2.45, 2.75) is 34.6 Å². The number of rotatable bonds is 7. The van der Waals surface area contributed by atoms with Crippen molar-refractivity contribution in [2.75, 3.05) is 27.3 Å². The van der Waals surface area contributed by atoms with Crippen molar-refractivity contribution in [3.8, 4) is 0 Å². The van der Waals surface area contributed by atoms with Crippen LogP contribution in [0.15, 0.2) is 47.7 Å². The fourth-order valence-corrected chi connectivity index (χ4v) is 2.87. The number of carbonyl (C=O) groups is 2. The molecule has 0 bridgehead atoms. The van der Waals surface area contributed by atoms with Gasteiger partial charge in [0.25, 0.3) is 0 Å². The van der Waals surface area contributed by atoms with Gasteiger partial charge in [0, 0.05) is 13.1 Å². The van der Waals surface area contributed by atoms with Gasteiger partial charge in [-0.05, 0) is 36.5 Å². The number of nitrogens with zero attached hydrogens (tertiary/aromatic N) is 1. The molecule has 0 aliphatic heterocycles. The number of hydrogen-bond donors (Lipinski definition) is 0. The molecule has 1 aromatic carbocycles. The zero-order valence-electron chi connectivity index (χ0n) is 17.5. The summed E-state index contributed by atoms with van der Waals surface area (Å²) >= 11 is 0. The zero-order valence-corrected chi connectivity index (χ0v) is 17.5. The highest BCUT2D eigenvalue weighted by Crippen LogP contribution is 2.36. The van der Waals surface area contributed by atoms with E-state index in [1.165, 1.54) is 14.2 Å². The molecular formula is C22H31NO4. The molecule has 0 spiro atoms. The third kappa shape index (κ3) is 5.71. The Morgan fingerprint density at radius 2 is 1.44 bits per heavy atom. The zero-order chi connectivity index (χ0) is 20.6. The standard InChI is InChI=1S/C22H31NO4/c1-8-23(9-2)18(19(20(24)26-6)21(25)27-7)15-17(22(3,4)5)16-13-11-10-12-14-16/h10-15H,8-9H2,1-7H3/b17-15+. The SMILES string of the molecule is CCN(CC)C(/C=C(\c1ccccc1)C(C)(C)C)=C(C(=O)OC)C(=O)OC. The molecule has 0 N–H and O–H groups in total. The van der Waals surface area contributed by atoms with Gasteiger partial charge in [-0.3, -0.25) is 0 Å². The highest BCUT2D eigenvalue weighted by atomic mass is 16.5. The second-order valence-corrected chi connectivity index (χ2v) is 7.09. The van der Waals surface area contributed by atoms with Crippen LogP contribution < -0.4 is 0 Å². The lowest BCUT2D eigenvalue weighted by Gasteiger charge is -2.29. The molecule has 0 atom stereocenters. The summed E-state index contributed by atoms with van der Waals surface area (Å²) in [5, 5.41) is 0. The summed E-state index contributed by atoms with van der Waals surface area (Å²) < 4.78 is 9.75. The van der Waals surface area contributed by atoms with E-state index in [9.17, 15) is 9.59 Å².